The monoisotopic (exact) mass is 336 g/mol. The fourth-order valence-corrected chi connectivity index (χ4v) is 4.41. The van der Waals surface area contributed by atoms with Crippen molar-refractivity contribution in [2.75, 3.05) is 20.2 Å². The molecule has 0 saturated carbocycles. The maximum atomic E-state index is 12.7. The molecule has 8 heteroatoms. The highest BCUT2D eigenvalue weighted by atomic mass is 32.2. The third-order valence-corrected chi connectivity index (χ3v) is 5.91. The molecule has 0 radical (unpaired) electrons. The predicted molar refractivity (Wildman–Crippen MR) is 85.0 cm³/mol. The molecule has 0 spiro atoms. The normalized spacial score (nSPS) is 16.3. The lowest BCUT2D eigenvalue weighted by Crippen LogP contribution is -2.51. The zero-order chi connectivity index (χ0) is 16.8. The van der Waals surface area contributed by atoms with Crippen LogP contribution in [0.3, 0.4) is 0 Å². The highest BCUT2D eigenvalue weighted by Crippen LogP contribution is 2.30. The molecule has 1 aliphatic heterocycles. The van der Waals surface area contributed by atoms with Crippen molar-refractivity contribution in [3.05, 3.63) is 35.4 Å². The van der Waals surface area contributed by atoms with Gasteiger partial charge in [-0.05, 0) is 44.5 Å². The summed E-state index contributed by atoms with van der Waals surface area (Å²) in [6, 6.07) is 4.96. The van der Waals surface area contributed by atoms with Crippen molar-refractivity contribution in [1.29, 1.82) is 0 Å². The average molecular weight is 336 g/mol. The van der Waals surface area contributed by atoms with Crippen LogP contribution in [0, 0.1) is 20.8 Å². The number of rotatable bonds is 4. The van der Waals surface area contributed by atoms with Crippen molar-refractivity contribution < 1.29 is 13.2 Å². The van der Waals surface area contributed by atoms with E-state index >= 15 is 0 Å². The van der Waals surface area contributed by atoms with Crippen molar-refractivity contribution in [2.45, 2.75) is 31.7 Å². The minimum Gasteiger partial charge on any atom is -0.496 e. The van der Waals surface area contributed by atoms with Crippen molar-refractivity contribution in [3.63, 3.8) is 0 Å². The summed E-state index contributed by atoms with van der Waals surface area (Å²) in [6.07, 6.45) is 0. The van der Waals surface area contributed by atoms with E-state index in [0.29, 0.717) is 29.6 Å². The molecule has 0 bridgehead atoms. The molecule has 2 heterocycles. The second-order valence-electron chi connectivity index (χ2n) is 5.76. The summed E-state index contributed by atoms with van der Waals surface area (Å²) in [5.41, 5.74) is 0.799. The lowest BCUT2D eigenvalue weighted by atomic mass is 10.2. The van der Waals surface area contributed by atoms with Gasteiger partial charge in [0, 0.05) is 13.1 Å². The summed E-state index contributed by atoms with van der Waals surface area (Å²) >= 11 is 0. The van der Waals surface area contributed by atoms with Crippen LogP contribution in [-0.2, 0) is 10.0 Å². The molecular weight excluding hydrogens is 316 g/mol. The highest BCUT2D eigenvalue weighted by molar-refractivity contribution is 7.89. The smallest absolute Gasteiger partial charge is 0.243 e. The lowest BCUT2D eigenvalue weighted by Gasteiger charge is -2.38. The van der Waals surface area contributed by atoms with Gasteiger partial charge in [0.25, 0.3) is 0 Å². The number of sulfonamides is 1. The van der Waals surface area contributed by atoms with Crippen LogP contribution >= 0.6 is 0 Å². The molecule has 0 aliphatic carbocycles. The van der Waals surface area contributed by atoms with Gasteiger partial charge < -0.3 is 4.74 Å². The van der Waals surface area contributed by atoms with Crippen LogP contribution in [0.4, 0.5) is 0 Å². The third kappa shape index (κ3) is 2.72. The molecule has 1 aromatic carbocycles. The van der Waals surface area contributed by atoms with E-state index < -0.39 is 10.0 Å². The van der Waals surface area contributed by atoms with Crippen LogP contribution in [0.5, 0.6) is 5.75 Å². The van der Waals surface area contributed by atoms with E-state index in [0.717, 1.165) is 11.4 Å². The Hall–Kier alpha value is -1.93. The Kier molecular flexibility index (Phi) is 3.89. The molecule has 1 saturated heterocycles. The minimum atomic E-state index is -3.48. The first-order valence-electron chi connectivity index (χ1n) is 7.37. The SMILES string of the molecule is COc1ccc(S(=O)(=O)N2CC(n3nc(C)nc3C)C2)cc1C. The number of methoxy groups -OCH3 is 1. The summed E-state index contributed by atoms with van der Waals surface area (Å²) in [6.45, 7) is 6.37. The van der Waals surface area contributed by atoms with Crippen LogP contribution < -0.4 is 4.74 Å². The second-order valence-corrected chi connectivity index (χ2v) is 7.70. The highest BCUT2D eigenvalue weighted by Gasteiger charge is 2.39. The molecule has 1 aliphatic rings. The van der Waals surface area contributed by atoms with E-state index in [1.165, 1.54) is 4.31 Å². The average Bonchev–Trinajstić information content (AvgIpc) is 2.75. The molecule has 0 atom stereocenters. The van der Waals surface area contributed by atoms with Gasteiger partial charge in [-0.25, -0.2) is 18.1 Å². The maximum Gasteiger partial charge on any atom is 0.243 e. The number of hydrogen-bond donors (Lipinski definition) is 0. The predicted octanol–water partition coefficient (Wildman–Crippen LogP) is 1.46. The van der Waals surface area contributed by atoms with Gasteiger partial charge in [0.1, 0.15) is 17.4 Å². The number of ether oxygens (including phenoxy) is 1. The molecule has 0 N–H and O–H groups in total. The summed E-state index contributed by atoms with van der Waals surface area (Å²) in [5.74, 6) is 2.19. The topological polar surface area (TPSA) is 77.3 Å². The van der Waals surface area contributed by atoms with Gasteiger partial charge in [-0.2, -0.15) is 9.40 Å². The van der Waals surface area contributed by atoms with Crippen LogP contribution in [-0.4, -0.2) is 47.7 Å². The fraction of sp³-hybridized carbons (Fsp3) is 0.467. The second kappa shape index (κ2) is 5.61. The summed E-state index contributed by atoms with van der Waals surface area (Å²) in [5, 5.41) is 4.33. The Morgan fingerprint density at radius 1 is 1.22 bits per heavy atom. The van der Waals surface area contributed by atoms with Gasteiger partial charge in [-0.1, -0.05) is 0 Å². The van der Waals surface area contributed by atoms with Crippen molar-refractivity contribution >= 4 is 10.0 Å². The van der Waals surface area contributed by atoms with Crippen molar-refractivity contribution in [2.24, 2.45) is 0 Å². The zero-order valence-corrected chi connectivity index (χ0v) is 14.5. The first-order valence-corrected chi connectivity index (χ1v) is 8.81. The van der Waals surface area contributed by atoms with Gasteiger partial charge in [-0.15, -0.1) is 0 Å². The Bertz CT molecular complexity index is 838. The van der Waals surface area contributed by atoms with E-state index in [4.69, 9.17) is 4.74 Å². The Morgan fingerprint density at radius 3 is 2.43 bits per heavy atom. The van der Waals surface area contributed by atoms with Crippen LogP contribution in [0.15, 0.2) is 23.1 Å². The molecule has 1 fully saturated rings. The van der Waals surface area contributed by atoms with Crippen LogP contribution in [0.2, 0.25) is 0 Å². The van der Waals surface area contributed by atoms with Gasteiger partial charge in [0.2, 0.25) is 10.0 Å². The summed E-state index contributed by atoms with van der Waals surface area (Å²) in [7, 11) is -1.91. The first-order chi connectivity index (χ1) is 10.8. The van der Waals surface area contributed by atoms with Crippen molar-refractivity contribution in [1.82, 2.24) is 19.1 Å². The van der Waals surface area contributed by atoms with E-state index in [-0.39, 0.29) is 6.04 Å². The molecule has 2 aromatic rings. The summed E-state index contributed by atoms with van der Waals surface area (Å²) in [4.78, 5) is 4.55. The molecule has 23 heavy (non-hydrogen) atoms. The lowest BCUT2D eigenvalue weighted by molar-refractivity contribution is 0.188. The molecule has 3 rings (SSSR count). The van der Waals surface area contributed by atoms with Crippen molar-refractivity contribution in [3.8, 4) is 5.75 Å². The first kappa shape index (κ1) is 15.9. The standard InChI is InChI=1S/C15H20N4O3S/c1-10-7-14(5-6-15(10)22-4)23(20,21)18-8-13(9-18)19-12(3)16-11(2)17-19/h5-7,13H,8-9H2,1-4H3. The molecule has 0 unspecified atom stereocenters. The Morgan fingerprint density at radius 2 is 1.91 bits per heavy atom. The van der Waals surface area contributed by atoms with E-state index in [1.54, 1.807) is 30.0 Å². The fourth-order valence-electron chi connectivity index (χ4n) is 2.81. The molecule has 124 valence electrons. The Balaban J connectivity index is 1.78. The van der Waals surface area contributed by atoms with Crippen LogP contribution in [0.1, 0.15) is 23.3 Å². The number of nitrogens with zero attached hydrogens (tertiary/aromatic N) is 4. The number of aryl methyl sites for hydroxylation is 3. The van der Waals surface area contributed by atoms with Gasteiger partial charge >= 0.3 is 0 Å². The maximum absolute atomic E-state index is 12.7. The molecular formula is C15H20N4O3S. The van der Waals surface area contributed by atoms with Gasteiger partial charge in [0.05, 0.1) is 18.0 Å². The summed E-state index contributed by atoms with van der Waals surface area (Å²) < 4.78 is 33.8. The minimum absolute atomic E-state index is 0.0466. The molecule has 0 amide bonds. The zero-order valence-electron chi connectivity index (χ0n) is 13.6. The third-order valence-electron chi connectivity index (χ3n) is 4.09. The number of benzene rings is 1. The van der Waals surface area contributed by atoms with Gasteiger partial charge in [0.15, 0.2) is 0 Å². The number of aromatic nitrogens is 3. The van der Waals surface area contributed by atoms with E-state index in [2.05, 4.69) is 10.1 Å². The van der Waals surface area contributed by atoms with E-state index in [1.807, 2.05) is 20.8 Å². The quantitative estimate of drug-likeness (QED) is 0.845. The van der Waals surface area contributed by atoms with E-state index in [9.17, 15) is 8.42 Å². The largest absolute Gasteiger partial charge is 0.496 e. The van der Waals surface area contributed by atoms with Crippen LogP contribution in [0.25, 0.3) is 0 Å². The van der Waals surface area contributed by atoms with Gasteiger partial charge in [-0.3, -0.25) is 0 Å². The number of hydrogen-bond acceptors (Lipinski definition) is 5. The molecule has 7 nitrogen and oxygen atoms in total. The Labute approximate surface area is 135 Å². The molecule has 1 aromatic heterocycles.